The lowest BCUT2D eigenvalue weighted by molar-refractivity contribution is -0.984. The summed E-state index contributed by atoms with van der Waals surface area (Å²) in [6, 6.07) is 52.7. The van der Waals surface area contributed by atoms with Gasteiger partial charge in [-0.15, -0.1) is 12.3 Å². The predicted molar refractivity (Wildman–Crippen MR) is 264 cm³/mol. The van der Waals surface area contributed by atoms with Crippen molar-refractivity contribution in [3.63, 3.8) is 0 Å². The van der Waals surface area contributed by atoms with E-state index < -0.39 is 11.7 Å². The van der Waals surface area contributed by atoms with E-state index >= 15 is 0 Å². The number of hydrogen-bond donors (Lipinski definition) is 0. The van der Waals surface area contributed by atoms with Gasteiger partial charge in [-0.2, -0.15) is 4.98 Å². The molecule has 3 fully saturated rings. The first kappa shape index (κ1) is 43.1. The van der Waals surface area contributed by atoms with Crippen molar-refractivity contribution < 1.29 is 19.1 Å². The summed E-state index contributed by atoms with van der Waals surface area (Å²) in [6.45, 7) is 13.3. The van der Waals surface area contributed by atoms with E-state index in [1.54, 1.807) is 12.1 Å². The molecule has 0 radical (unpaired) electrons. The third-order valence-corrected chi connectivity index (χ3v) is 13.7. The summed E-state index contributed by atoms with van der Waals surface area (Å²) in [5.74, 6) is 2.33. The molecule has 0 saturated carbocycles. The highest BCUT2D eigenvalue weighted by Crippen LogP contribution is 2.51. The molecule has 8 heteroatoms. The predicted octanol–water partition coefficient (Wildman–Crippen LogP) is 13.3. The summed E-state index contributed by atoms with van der Waals surface area (Å²) in [4.78, 5) is 14.8. The summed E-state index contributed by atoms with van der Waals surface area (Å²) >= 11 is 7.26. The number of nitrogens with zero attached hydrogens (tertiary/aromatic N) is 4. The Labute approximate surface area is 392 Å². The maximum Gasteiger partial charge on any atom is 0.227 e. The molecule has 0 N–H and O–H groups in total. The van der Waals surface area contributed by atoms with Crippen molar-refractivity contribution in [2.75, 3.05) is 13.1 Å². The van der Waals surface area contributed by atoms with E-state index in [0.29, 0.717) is 34.3 Å². The molecule has 2 bridgehead atoms. The van der Waals surface area contributed by atoms with Crippen LogP contribution in [0.5, 0.6) is 17.4 Å². The van der Waals surface area contributed by atoms with Gasteiger partial charge in [0.1, 0.15) is 29.1 Å². The molecule has 3 aliphatic rings. The molecule has 11 rings (SSSR count). The van der Waals surface area contributed by atoms with Crippen LogP contribution >= 0.6 is 11.6 Å². The number of pyridine rings is 1. The van der Waals surface area contributed by atoms with Crippen LogP contribution < -0.4 is 14.6 Å². The topological polar surface area (TPSA) is 80.2 Å². The number of quaternary nitrogens is 1. The zero-order valence-corrected chi connectivity index (χ0v) is 38.4. The molecule has 3 saturated heterocycles. The second-order valence-corrected chi connectivity index (χ2v) is 19.2. The Morgan fingerprint density at radius 3 is 1.98 bits per heavy atom. The SMILES string of the molecule is C=CC1C[N+]2(Cc3cc(-c4ccccc4)c(OC(C)(C)C)c(-c4ccccc4)c3)CCC1CC2[C@@H](Oc1nc(-c2ccccc2)nc(Cl)c1-c1ccccc1)c1ccnc2ccc([O-])cc12. The first-order chi connectivity index (χ1) is 32.1. The molecule has 330 valence electrons. The number of hydrogen-bond acceptors (Lipinski definition) is 6. The molecule has 0 aliphatic carbocycles. The Kier molecular flexibility index (Phi) is 11.7. The number of piperidine rings is 3. The second-order valence-electron chi connectivity index (χ2n) is 18.9. The lowest BCUT2D eigenvalue weighted by Gasteiger charge is -2.58. The summed E-state index contributed by atoms with van der Waals surface area (Å²) in [5.41, 5.74) is 8.95. The number of rotatable bonds is 12. The average molecular weight is 890 g/mol. The zero-order valence-electron chi connectivity index (χ0n) is 37.6. The number of fused-ring (bicyclic) bond motifs is 4. The van der Waals surface area contributed by atoms with E-state index in [9.17, 15) is 5.11 Å². The highest BCUT2D eigenvalue weighted by Gasteiger charge is 2.55. The lowest BCUT2D eigenvalue weighted by atomic mass is 9.71. The van der Waals surface area contributed by atoms with Crippen LogP contribution in [0.1, 0.15) is 50.8 Å². The molecule has 8 aromatic rings. The van der Waals surface area contributed by atoms with Crippen LogP contribution in [0.2, 0.25) is 5.15 Å². The van der Waals surface area contributed by atoms with Gasteiger partial charge in [0.25, 0.3) is 0 Å². The Hall–Kier alpha value is -6.80. The minimum Gasteiger partial charge on any atom is -0.872 e. The molecule has 6 aromatic carbocycles. The van der Waals surface area contributed by atoms with Gasteiger partial charge in [-0.1, -0.05) is 151 Å². The quantitative estimate of drug-likeness (QED) is 0.0691. The molecule has 0 amide bonds. The van der Waals surface area contributed by atoms with Crippen molar-refractivity contribution in [1.29, 1.82) is 0 Å². The third-order valence-electron chi connectivity index (χ3n) is 13.5. The van der Waals surface area contributed by atoms with Gasteiger partial charge in [-0.3, -0.25) is 4.98 Å². The molecular weight excluding hydrogens is 836 g/mol. The van der Waals surface area contributed by atoms with Gasteiger partial charge in [0, 0.05) is 58.2 Å². The van der Waals surface area contributed by atoms with Crippen molar-refractivity contribution in [3.05, 3.63) is 193 Å². The van der Waals surface area contributed by atoms with E-state index in [0.717, 1.165) is 92.6 Å². The Bertz CT molecular complexity index is 2960. The Morgan fingerprint density at radius 1 is 0.773 bits per heavy atom. The van der Waals surface area contributed by atoms with Crippen molar-refractivity contribution in [1.82, 2.24) is 15.0 Å². The van der Waals surface area contributed by atoms with Crippen LogP contribution in [0.25, 0.3) is 55.7 Å². The van der Waals surface area contributed by atoms with Crippen LogP contribution in [0.15, 0.2) is 177 Å². The van der Waals surface area contributed by atoms with E-state index in [1.807, 2.05) is 79.0 Å². The van der Waals surface area contributed by atoms with Crippen LogP contribution in [-0.4, -0.2) is 44.2 Å². The molecule has 7 nitrogen and oxygen atoms in total. The first-order valence-electron chi connectivity index (χ1n) is 22.9. The first-order valence-corrected chi connectivity index (χ1v) is 23.3. The van der Waals surface area contributed by atoms with Gasteiger partial charge in [0.05, 0.1) is 24.2 Å². The lowest BCUT2D eigenvalue weighted by Crippen LogP contribution is -2.68. The molecule has 0 spiro atoms. The summed E-state index contributed by atoms with van der Waals surface area (Å²) in [7, 11) is 0. The van der Waals surface area contributed by atoms with E-state index in [4.69, 9.17) is 36.0 Å². The van der Waals surface area contributed by atoms with Gasteiger partial charge < -0.3 is 19.1 Å². The molecule has 5 atom stereocenters. The smallest absolute Gasteiger partial charge is 0.227 e. The van der Waals surface area contributed by atoms with Crippen LogP contribution in [0.4, 0.5) is 0 Å². The number of ether oxygens (including phenoxy) is 2. The van der Waals surface area contributed by atoms with E-state index in [1.165, 1.54) is 5.56 Å². The fourth-order valence-corrected chi connectivity index (χ4v) is 10.8. The van der Waals surface area contributed by atoms with Gasteiger partial charge in [-0.05, 0) is 67.6 Å². The van der Waals surface area contributed by atoms with E-state index in [-0.39, 0.29) is 11.8 Å². The van der Waals surface area contributed by atoms with Gasteiger partial charge >= 0.3 is 0 Å². The number of halogens is 1. The molecule has 3 aliphatic heterocycles. The largest absolute Gasteiger partial charge is 0.872 e. The molecule has 2 aromatic heterocycles. The third kappa shape index (κ3) is 8.57. The Morgan fingerprint density at radius 2 is 1.38 bits per heavy atom. The molecule has 66 heavy (non-hydrogen) atoms. The van der Waals surface area contributed by atoms with Crippen molar-refractivity contribution in [2.45, 2.75) is 57.9 Å². The van der Waals surface area contributed by atoms with E-state index in [2.05, 4.69) is 106 Å². The van der Waals surface area contributed by atoms with Crippen LogP contribution in [-0.2, 0) is 6.54 Å². The monoisotopic (exact) mass is 888 g/mol. The zero-order chi connectivity index (χ0) is 45.4. The van der Waals surface area contributed by atoms with Crippen molar-refractivity contribution >= 4 is 22.5 Å². The minimum atomic E-state index is -0.575. The average Bonchev–Trinajstić information content (AvgIpc) is 3.34. The normalized spacial score (nSPS) is 19.6. The van der Waals surface area contributed by atoms with Gasteiger partial charge in [-0.25, -0.2) is 4.98 Å². The number of aromatic nitrogens is 3. The highest BCUT2D eigenvalue weighted by atomic mass is 35.5. The maximum atomic E-state index is 13.3. The Balaban J connectivity index is 1.19. The molecule has 5 heterocycles. The minimum absolute atomic E-state index is 0.0794. The van der Waals surface area contributed by atoms with Crippen LogP contribution in [0, 0.1) is 11.8 Å². The highest BCUT2D eigenvalue weighted by molar-refractivity contribution is 6.32. The summed E-state index contributed by atoms with van der Waals surface area (Å²) < 4.78 is 15.3. The van der Waals surface area contributed by atoms with Crippen molar-refractivity contribution in [3.8, 4) is 62.1 Å². The standard InChI is InChI=1S/C58H53ClN4O3/c1-5-39-37-63(36-38-32-47(40-18-10-6-11-19-40)53(66-58(2,3)4)48(33-38)41-20-12-7-13-21-41)31-29-44(39)34-51(63)54(46-28-30-60-50-27-26-45(64)35-49(46)50)65-57-52(42-22-14-8-15-23-42)55(59)61-56(62-57)43-24-16-9-17-25-43/h5-28,30,32-33,35,39,44,51,54H,1,29,31,34,36-37H2,2-4H3/t39?,44?,51?,54-,63?/m0/s1. The maximum absolute atomic E-state index is 13.3. The van der Waals surface area contributed by atoms with Gasteiger partial charge in [0.15, 0.2) is 11.9 Å². The summed E-state index contributed by atoms with van der Waals surface area (Å²) in [6.07, 6.45) is 5.35. The second kappa shape index (κ2) is 17.9. The molecular formula is C58H53ClN4O3. The van der Waals surface area contributed by atoms with Gasteiger partial charge in [0.2, 0.25) is 5.88 Å². The molecule has 4 unspecified atom stereocenters. The summed E-state index contributed by atoms with van der Waals surface area (Å²) in [5, 5.41) is 14.3. The van der Waals surface area contributed by atoms with Crippen LogP contribution in [0.3, 0.4) is 0 Å². The number of benzene rings is 6. The fraction of sp³-hybridized carbons (Fsp3) is 0.224. The van der Waals surface area contributed by atoms with Crippen molar-refractivity contribution in [2.24, 2.45) is 11.8 Å². The fourth-order valence-electron chi connectivity index (χ4n) is 10.5.